The first kappa shape index (κ1) is 31.6. The molecule has 0 spiro atoms. The lowest BCUT2D eigenvalue weighted by atomic mass is 9.93. The molecule has 0 saturated heterocycles. The van der Waals surface area contributed by atoms with Crippen molar-refractivity contribution in [1.29, 1.82) is 0 Å². The van der Waals surface area contributed by atoms with Crippen LogP contribution in [0.25, 0.3) is 43.9 Å². The third-order valence-corrected chi connectivity index (χ3v) is 9.97. The molecule has 0 unspecified atom stereocenters. The Morgan fingerprint density at radius 1 is 1.08 bits per heavy atom. The summed E-state index contributed by atoms with van der Waals surface area (Å²) in [7, 11) is 3.31. The number of nitrogens with zero attached hydrogens (tertiary/aromatic N) is 5. The summed E-state index contributed by atoms with van der Waals surface area (Å²) >= 11 is 1.42. The summed E-state index contributed by atoms with van der Waals surface area (Å²) in [5, 5.41) is 7.64. The number of fused-ring (bicyclic) bond motifs is 3. The van der Waals surface area contributed by atoms with Crippen molar-refractivity contribution in [3.8, 4) is 39.5 Å². The van der Waals surface area contributed by atoms with Gasteiger partial charge in [-0.05, 0) is 47.7 Å². The summed E-state index contributed by atoms with van der Waals surface area (Å²) in [6.45, 7) is 7.26. The Hall–Kier alpha value is -4.94. The Bertz CT molecular complexity index is 2110. The van der Waals surface area contributed by atoms with Gasteiger partial charge in [-0.3, -0.25) is 14.3 Å². The number of pyridine rings is 1. The van der Waals surface area contributed by atoms with E-state index in [9.17, 15) is 14.0 Å². The summed E-state index contributed by atoms with van der Waals surface area (Å²) in [6, 6.07) is 11.5. The van der Waals surface area contributed by atoms with Crippen LogP contribution in [0.4, 0.5) is 8.78 Å². The van der Waals surface area contributed by atoms with Crippen LogP contribution in [-0.4, -0.2) is 70.3 Å². The van der Waals surface area contributed by atoms with Crippen molar-refractivity contribution in [2.75, 3.05) is 33.9 Å². The highest BCUT2D eigenvalue weighted by atomic mass is 32.1. The standard InChI is InChI=1S/C36H33F2N5O4S/c1-5-30(44)42-9-10-43-28(20(42)2)18-27(40-43)35-33(32-26(38)16-24(37)17-29(32)47-12-11-46-4)36-25(8-13-48-36)34(39-35)22-7-6-21-15-31(45)41(3)19-23(21)14-22/h5-8,13-14,16-18,20H,1,9-12,15,19H2,2-4H3/t20-/m0/s1. The van der Waals surface area contributed by atoms with Crippen molar-refractivity contribution in [3.63, 3.8) is 0 Å². The van der Waals surface area contributed by atoms with Crippen LogP contribution in [-0.2, 0) is 33.8 Å². The van der Waals surface area contributed by atoms with Crippen molar-refractivity contribution >= 4 is 33.2 Å². The first-order chi connectivity index (χ1) is 23.2. The lowest BCUT2D eigenvalue weighted by Crippen LogP contribution is -2.40. The van der Waals surface area contributed by atoms with Crippen LogP contribution in [0, 0.1) is 11.6 Å². The van der Waals surface area contributed by atoms with E-state index in [0.717, 1.165) is 38.5 Å². The molecule has 5 heterocycles. The molecular weight excluding hydrogens is 636 g/mol. The smallest absolute Gasteiger partial charge is 0.246 e. The number of benzene rings is 2. The minimum atomic E-state index is -0.797. The Kier molecular flexibility index (Phi) is 8.30. The molecule has 2 aromatic carbocycles. The molecule has 9 nitrogen and oxygen atoms in total. The maximum Gasteiger partial charge on any atom is 0.246 e. The molecule has 2 aliphatic heterocycles. The minimum Gasteiger partial charge on any atom is -0.490 e. The van der Waals surface area contributed by atoms with Gasteiger partial charge >= 0.3 is 0 Å². The van der Waals surface area contributed by atoms with Gasteiger partial charge in [0.15, 0.2) is 0 Å². The molecule has 3 aromatic heterocycles. The predicted octanol–water partition coefficient (Wildman–Crippen LogP) is 6.40. The van der Waals surface area contributed by atoms with E-state index in [-0.39, 0.29) is 42.4 Å². The van der Waals surface area contributed by atoms with E-state index in [2.05, 4.69) is 12.6 Å². The molecular formula is C36H33F2N5O4S. The second kappa shape index (κ2) is 12.6. The number of carbonyl (C=O) groups excluding carboxylic acids is 2. The molecule has 12 heteroatoms. The average Bonchev–Trinajstić information content (AvgIpc) is 3.73. The normalized spacial score (nSPS) is 15.9. The summed E-state index contributed by atoms with van der Waals surface area (Å²) in [5.41, 5.74) is 5.67. The fourth-order valence-electron chi connectivity index (χ4n) is 6.57. The molecule has 246 valence electrons. The molecule has 0 N–H and O–H groups in total. The van der Waals surface area contributed by atoms with Gasteiger partial charge in [-0.2, -0.15) is 5.10 Å². The number of halogens is 2. The van der Waals surface area contributed by atoms with Gasteiger partial charge < -0.3 is 19.3 Å². The Morgan fingerprint density at radius 2 is 1.92 bits per heavy atom. The number of ether oxygens (including phenoxy) is 2. The minimum absolute atomic E-state index is 0.0247. The van der Waals surface area contributed by atoms with Crippen LogP contribution in [0.2, 0.25) is 0 Å². The SMILES string of the molecule is C=CC(=O)N1CCn2nc(-c3nc(-c4ccc5c(c4)CN(C)C(=O)C5)c4ccsc4c3-c3c(F)cc(F)cc3OCCOC)cc2[C@@H]1C. The second-order valence-corrected chi connectivity index (χ2v) is 12.9. The van der Waals surface area contributed by atoms with E-state index < -0.39 is 11.6 Å². The topological polar surface area (TPSA) is 89.8 Å². The molecule has 0 bridgehead atoms. The van der Waals surface area contributed by atoms with Crippen molar-refractivity contribution in [2.24, 2.45) is 0 Å². The fourth-order valence-corrected chi connectivity index (χ4v) is 7.52. The van der Waals surface area contributed by atoms with Crippen LogP contribution in [0.1, 0.15) is 29.8 Å². The third kappa shape index (κ3) is 5.44. The Morgan fingerprint density at radius 3 is 2.71 bits per heavy atom. The maximum atomic E-state index is 16.1. The molecule has 1 atom stereocenters. The maximum absolute atomic E-state index is 16.1. The summed E-state index contributed by atoms with van der Waals surface area (Å²) in [6.07, 6.45) is 1.63. The number of thiophene rings is 1. The quantitative estimate of drug-likeness (QED) is 0.140. The van der Waals surface area contributed by atoms with Gasteiger partial charge in [0.25, 0.3) is 0 Å². The van der Waals surface area contributed by atoms with Crippen LogP contribution in [0.5, 0.6) is 5.75 Å². The van der Waals surface area contributed by atoms with Gasteiger partial charge in [0, 0.05) is 60.6 Å². The molecule has 5 aromatic rings. The Balaban J connectivity index is 1.48. The number of rotatable bonds is 8. The van der Waals surface area contributed by atoms with Gasteiger partial charge in [-0.15, -0.1) is 11.3 Å². The highest BCUT2D eigenvalue weighted by molar-refractivity contribution is 7.18. The molecule has 48 heavy (non-hydrogen) atoms. The van der Waals surface area contributed by atoms with E-state index in [1.807, 2.05) is 41.3 Å². The number of hydrogen-bond donors (Lipinski definition) is 0. The molecule has 0 aliphatic carbocycles. The van der Waals surface area contributed by atoms with E-state index in [0.29, 0.717) is 48.7 Å². The lowest BCUT2D eigenvalue weighted by Gasteiger charge is -2.33. The molecule has 2 aliphatic rings. The number of carbonyl (C=O) groups is 2. The van der Waals surface area contributed by atoms with Gasteiger partial charge in [0.1, 0.15) is 35.4 Å². The van der Waals surface area contributed by atoms with E-state index >= 15 is 4.39 Å². The summed E-state index contributed by atoms with van der Waals surface area (Å²) < 4.78 is 44.4. The van der Waals surface area contributed by atoms with Gasteiger partial charge in [0.05, 0.1) is 42.6 Å². The lowest BCUT2D eigenvalue weighted by molar-refractivity contribution is -0.130. The Labute approximate surface area is 280 Å². The summed E-state index contributed by atoms with van der Waals surface area (Å²) in [4.78, 5) is 33.7. The molecule has 2 amide bonds. The zero-order chi connectivity index (χ0) is 33.7. The van der Waals surface area contributed by atoms with Crippen molar-refractivity contribution in [2.45, 2.75) is 32.5 Å². The van der Waals surface area contributed by atoms with Gasteiger partial charge in [0.2, 0.25) is 11.8 Å². The van der Waals surface area contributed by atoms with Crippen LogP contribution in [0.15, 0.2) is 60.5 Å². The van der Waals surface area contributed by atoms with Crippen molar-refractivity contribution in [1.82, 2.24) is 24.6 Å². The van der Waals surface area contributed by atoms with Crippen LogP contribution < -0.4 is 4.74 Å². The number of aromatic nitrogens is 3. The van der Waals surface area contributed by atoms with E-state index in [4.69, 9.17) is 19.6 Å². The fraction of sp³-hybridized carbons (Fsp3) is 0.278. The van der Waals surface area contributed by atoms with Crippen molar-refractivity contribution < 1.29 is 27.8 Å². The van der Waals surface area contributed by atoms with E-state index in [1.165, 1.54) is 30.6 Å². The number of likely N-dealkylation sites (N-methyl/N-ethyl adjacent to an activating group) is 1. The van der Waals surface area contributed by atoms with E-state index in [1.54, 1.807) is 16.8 Å². The first-order valence-electron chi connectivity index (χ1n) is 15.6. The molecule has 0 fully saturated rings. The number of amides is 2. The average molecular weight is 670 g/mol. The second-order valence-electron chi connectivity index (χ2n) is 11.9. The van der Waals surface area contributed by atoms with Crippen LogP contribution >= 0.6 is 11.3 Å². The zero-order valence-electron chi connectivity index (χ0n) is 26.8. The van der Waals surface area contributed by atoms with Crippen molar-refractivity contribution in [3.05, 3.63) is 89.0 Å². The monoisotopic (exact) mass is 669 g/mol. The highest BCUT2D eigenvalue weighted by Gasteiger charge is 2.32. The number of methoxy groups -OCH3 is 1. The highest BCUT2D eigenvalue weighted by Crippen LogP contribution is 2.47. The van der Waals surface area contributed by atoms with Crippen LogP contribution in [0.3, 0.4) is 0 Å². The molecule has 0 saturated carbocycles. The molecule has 0 radical (unpaired) electrons. The largest absolute Gasteiger partial charge is 0.490 e. The number of hydrogen-bond acceptors (Lipinski definition) is 7. The molecule has 7 rings (SSSR count). The predicted molar refractivity (Wildman–Crippen MR) is 180 cm³/mol. The third-order valence-electron chi connectivity index (χ3n) is 9.04. The van der Waals surface area contributed by atoms with Gasteiger partial charge in [-0.25, -0.2) is 13.8 Å². The van der Waals surface area contributed by atoms with Gasteiger partial charge in [-0.1, -0.05) is 18.7 Å². The first-order valence-corrected chi connectivity index (χ1v) is 16.5. The summed E-state index contributed by atoms with van der Waals surface area (Å²) in [5.74, 6) is -1.65. The zero-order valence-corrected chi connectivity index (χ0v) is 27.6.